The SMILES string of the molecule is CCCCCCCCc1ccc(OCCOCCOCCOCCOCCOCCOCCOCCOCCOCCOCCP(CCS(=O)(=O)O)c2ccccc2)cc1. The molecule has 0 aliphatic heterocycles. The third kappa shape index (κ3) is 34.7. The topological polar surface area (TPSA) is 156 Å². The van der Waals surface area contributed by atoms with Gasteiger partial charge in [-0.15, -0.1) is 0 Å². The molecule has 0 aromatic heterocycles. The summed E-state index contributed by atoms with van der Waals surface area (Å²) in [4.78, 5) is 0. The number of rotatable bonds is 45. The zero-order valence-electron chi connectivity index (χ0n) is 36.2. The maximum Gasteiger partial charge on any atom is 0.265 e. The van der Waals surface area contributed by atoms with Crippen molar-refractivity contribution < 1.29 is 65.1 Å². The predicted molar refractivity (Wildman–Crippen MR) is 236 cm³/mol. The first kappa shape index (κ1) is 54.3. The number of benzene rings is 2. The lowest BCUT2D eigenvalue weighted by Gasteiger charge is -2.17. The molecule has 0 radical (unpaired) electrons. The second kappa shape index (κ2) is 40.0. The van der Waals surface area contributed by atoms with Gasteiger partial charge in [0.15, 0.2) is 0 Å². The fourth-order valence-electron chi connectivity index (χ4n) is 5.57. The van der Waals surface area contributed by atoms with Gasteiger partial charge in [0.1, 0.15) is 12.4 Å². The minimum absolute atomic E-state index is 0.245. The Kier molecular flexibility index (Phi) is 36.2. The lowest BCUT2D eigenvalue weighted by atomic mass is 10.0. The average molecular weight is 891 g/mol. The Balaban J connectivity index is 1.21. The second-order valence-corrected chi connectivity index (χ2v) is 17.8. The second-order valence-electron chi connectivity index (χ2n) is 13.7. The zero-order chi connectivity index (χ0) is 42.9. The highest BCUT2D eigenvalue weighted by Crippen LogP contribution is 2.33. The molecule has 0 saturated heterocycles. The van der Waals surface area contributed by atoms with Crippen LogP contribution in [0.25, 0.3) is 0 Å². The Morgan fingerprint density at radius 3 is 1.25 bits per heavy atom. The van der Waals surface area contributed by atoms with E-state index in [-0.39, 0.29) is 5.75 Å². The molecule has 1 atom stereocenters. The Labute approximate surface area is 362 Å². The van der Waals surface area contributed by atoms with Crippen molar-refractivity contribution in [3.63, 3.8) is 0 Å². The molecular formula is C44H75O14PS. The summed E-state index contributed by atoms with van der Waals surface area (Å²) < 4.78 is 92.8. The van der Waals surface area contributed by atoms with E-state index in [1.165, 1.54) is 44.1 Å². The molecule has 0 fully saturated rings. The normalized spacial score (nSPS) is 12.3. The number of hydrogen-bond donors (Lipinski definition) is 1. The van der Waals surface area contributed by atoms with Gasteiger partial charge in [-0.1, -0.05) is 89.4 Å². The van der Waals surface area contributed by atoms with Crippen LogP contribution < -0.4 is 10.0 Å². The van der Waals surface area contributed by atoms with Gasteiger partial charge in [0.25, 0.3) is 10.1 Å². The Bertz CT molecular complexity index is 1310. The summed E-state index contributed by atoms with van der Waals surface area (Å²) in [6, 6.07) is 18.2. The van der Waals surface area contributed by atoms with E-state index in [1.54, 1.807) is 0 Å². The number of aryl methyl sites for hydroxylation is 1. The molecule has 2 rings (SSSR count). The Morgan fingerprint density at radius 1 is 0.450 bits per heavy atom. The smallest absolute Gasteiger partial charge is 0.265 e. The highest BCUT2D eigenvalue weighted by molar-refractivity contribution is 7.86. The lowest BCUT2D eigenvalue weighted by Crippen LogP contribution is -2.17. The summed E-state index contributed by atoms with van der Waals surface area (Å²) in [5.74, 6) is 0.633. The summed E-state index contributed by atoms with van der Waals surface area (Å²) in [7, 11) is -4.73. The van der Waals surface area contributed by atoms with E-state index in [1.807, 2.05) is 42.5 Å². The van der Waals surface area contributed by atoms with E-state index < -0.39 is 18.0 Å². The average Bonchev–Trinajstić information content (AvgIpc) is 3.25. The summed E-state index contributed by atoms with van der Waals surface area (Å²) in [6.07, 6.45) is 10.2. The number of unbranched alkanes of at least 4 members (excludes halogenated alkanes) is 5. The minimum atomic E-state index is -3.99. The van der Waals surface area contributed by atoms with Gasteiger partial charge in [-0.25, -0.2) is 0 Å². The molecule has 0 amide bonds. The number of hydrogen-bond acceptors (Lipinski definition) is 13. The van der Waals surface area contributed by atoms with Crippen molar-refractivity contribution >= 4 is 23.3 Å². The fraction of sp³-hybridized carbons (Fsp3) is 0.727. The molecule has 1 N–H and O–H groups in total. The Morgan fingerprint density at radius 2 is 0.833 bits per heavy atom. The fourth-order valence-corrected chi connectivity index (χ4v) is 9.06. The molecule has 60 heavy (non-hydrogen) atoms. The van der Waals surface area contributed by atoms with Crippen LogP contribution in [0.1, 0.15) is 51.0 Å². The van der Waals surface area contributed by atoms with Crippen molar-refractivity contribution in [3.8, 4) is 5.75 Å². The molecule has 0 aliphatic rings. The van der Waals surface area contributed by atoms with E-state index in [0.29, 0.717) is 151 Å². The van der Waals surface area contributed by atoms with Crippen LogP contribution in [0, 0.1) is 0 Å². The molecule has 2 aromatic carbocycles. The van der Waals surface area contributed by atoms with Gasteiger partial charge in [0, 0.05) is 0 Å². The van der Waals surface area contributed by atoms with Crippen LogP contribution in [0.3, 0.4) is 0 Å². The van der Waals surface area contributed by atoms with Crippen LogP contribution >= 0.6 is 7.92 Å². The van der Waals surface area contributed by atoms with Crippen molar-refractivity contribution in [1.29, 1.82) is 0 Å². The van der Waals surface area contributed by atoms with Crippen LogP contribution in [0.2, 0.25) is 0 Å². The van der Waals surface area contributed by atoms with E-state index in [2.05, 4.69) is 19.1 Å². The molecule has 0 bridgehead atoms. The molecule has 14 nitrogen and oxygen atoms in total. The summed E-state index contributed by atoms with van der Waals surface area (Å²) in [5.41, 5.74) is 1.37. The highest BCUT2D eigenvalue weighted by atomic mass is 32.2. The van der Waals surface area contributed by atoms with Crippen LogP contribution in [0.15, 0.2) is 54.6 Å². The Hall–Kier alpha value is -1.82. The quantitative estimate of drug-likeness (QED) is 0.0482. The van der Waals surface area contributed by atoms with Crippen molar-refractivity contribution in [2.75, 3.05) is 157 Å². The van der Waals surface area contributed by atoms with Crippen molar-refractivity contribution in [1.82, 2.24) is 0 Å². The maximum absolute atomic E-state index is 11.2. The highest BCUT2D eigenvalue weighted by Gasteiger charge is 2.15. The van der Waals surface area contributed by atoms with Gasteiger partial charge < -0.3 is 52.1 Å². The van der Waals surface area contributed by atoms with Gasteiger partial charge in [0.2, 0.25) is 0 Å². The van der Waals surface area contributed by atoms with Gasteiger partial charge >= 0.3 is 0 Å². The molecule has 0 spiro atoms. The molecule has 1 unspecified atom stereocenters. The predicted octanol–water partition coefficient (Wildman–Crippen LogP) is 5.83. The molecule has 2 aromatic rings. The van der Waals surface area contributed by atoms with Gasteiger partial charge in [-0.3, -0.25) is 4.55 Å². The standard InChI is InChI=1S/C44H75O14PS/c1-2-3-4-5-6-8-11-42-14-16-43(17-15-42)58-37-36-56-33-32-54-29-28-52-25-24-50-21-20-48-18-19-49-22-23-51-26-27-53-30-31-55-34-35-57-38-39-59(40-41-60(45,46)47)44-12-9-7-10-13-44/h7,9-10,12-17H,2-6,8,11,18-41H2,1H3,(H,45,46,47). The number of ether oxygens (including phenoxy) is 11. The van der Waals surface area contributed by atoms with Crippen LogP contribution in [0.5, 0.6) is 5.75 Å². The first-order chi connectivity index (χ1) is 29.5. The van der Waals surface area contributed by atoms with Gasteiger partial charge in [-0.2, -0.15) is 8.42 Å². The molecule has 0 saturated carbocycles. The van der Waals surface area contributed by atoms with E-state index in [9.17, 15) is 8.42 Å². The first-order valence-corrected chi connectivity index (χ1v) is 25.0. The molecular weight excluding hydrogens is 816 g/mol. The van der Waals surface area contributed by atoms with Crippen LogP contribution in [-0.4, -0.2) is 170 Å². The summed E-state index contributed by atoms with van der Waals surface area (Å²) in [5, 5.41) is 1.09. The van der Waals surface area contributed by atoms with Gasteiger partial charge in [0.05, 0.1) is 138 Å². The molecule has 0 aliphatic carbocycles. The lowest BCUT2D eigenvalue weighted by molar-refractivity contribution is -0.0265. The maximum atomic E-state index is 11.2. The zero-order valence-corrected chi connectivity index (χ0v) is 37.9. The first-order valence-electron chi connectivity index (χ1n) is 21.7. The van der Waals surface area contributed by atoms with Crippen LogP contribution in [-0.2, 0) is 63.9 Å². The van der Waals surface area contributed by atoms with Crippen molar-refractivity contribution in [2.24, 2.45) is 0 Å². The van der Waals surface area contributed by atoms with Crippen molar-refractivity contribution in [3.05, 3.63) is 60.2 Å². The molecule has 0 heterocycles. The largest absolute Gasteiger partial charge is 0.491 e. The monoisotopic (exact) mass is 890 g/mol. The van der Waals surface area contributed by atoms with Crippen LogP contribution in [0.4, 0.5) is 0 Å². The summed E-state index contributed by atoms with van der Waals surface area (Å²) >= 11 is 0. The van der Waals surface area contributed by atoms with E-state index in [0.717, 1.165) is 17.5 Å². The molecule has 16 heteroatoms. The third-order valence-electron chi connectivity index (χ3n) is 8.83. The third-order valence-corrected chi connectivity index (χ3v) is 12.4. The molecule has 346 valence electrons. The summed E-state index contributed by atoms with van der Waals surface area (Å²) in [6.45, 7) is 12.5. The van der Waals surface area contributed by atoms with Gasteiger partial charge in [-0.05, 0) is 48.2 Å². The van der Waals surface area contributed by atoms with E-state index >= 15 is 0 Å². The van der Waals surface area contributed by atoms with Crippen molar-refractivity contribution in [2.45, 2.75) is 51.9 Å². The minimum Gasteiger partial charge on any atom is -0.491 e. The van der Waals surface area contributed by atoms with E-state index in [4.69, 9.17) is 56.7 Å².